The Bertz CT molecular complexity index is 648. The van der Waals surface area contributed by atoms with Gasteiger partial charge in [0.2, 0.25) is 5.91 Å². The first-order valence-electron chi connectivity index (χ1n) is 7.86. The number of sulfone groups is 1. The number of hydrogen-bond acceptors (Lipinski definition) is 4. The summed E-state index contributed by atoms with van der Waals surface area (Å²) in [4.78, 5) is 14.1. The van der Waals surface area contributed by atoms with Gasteiger partial charge in [-0.1, -0.05) is 36.7 Å². The number of nitrogens with zero attached hydrogens (tertiary/aromatic N) is 1. The quantitative estimate of drug-likeness (QED) is 0.807. The molecular weight excluding hydrogens is 336 g/mol. The molecule has 1 N–H and O–H groups in total. The summed E-state index contributed by atoms with van der Waals surface area (Å²) in [5.41, 5.74) is 0.886. The zero-order valence-corrected chi connectivity index (χ0v) is 14.9. The first kappa shape index (κ1) is 18.2. The normalized spacial score (nSPS) is 19.9. The van der Waals surface area contributed by atoms with E-state index in [1.807, 2.05) is 25.1 Å². The SMILES string of the molecule is CCN(CCC(=O)NCc1ccccc1Cl)C1CCS(=O)(=O)C1. The second kappa shape index (κ2) is 8.13. The minimum Gasteiger partial charge on any atom is -0.352 e. The van der Waals surface area contributed by atoms with Crippen LogP contribution in [0.5, 0.6) is 0 Å². The number of amides is 1. The molecule has 23 heavy (non-hydrogen) atoms. The third kappa shape index (κ3) is 5.48. The van der Waals surface area contributed by atoms with Gasteiger partial charge in [0, 0.05) is 30.6 Å². The maximum atomic E-state index is 12.0. The van der Waals surface area contributed by atoms with Crippen LogP contribution in [0.15, 0.2) is 24.3 Å². The summed E-state index contributed by atoms with van der Waals surface area (Å²) in [6.45, 7) is 3.72. The number of carbonyl (C=O) groups is 1. The number of nitrogens with one attached hydrogen (secondary N) is 1. The molecule has 1 aromatic carbocycles. The Morgan fingerprint density at radius 2 is 2.13 bits per heavy atom. The lowest BCUT2D eigenvalue weighted by atomic mass is 10.2. The van der Waals surface area contributed by atoms with Gasteiger partial charge in [0.15, 0.2) is 9.84 Å². The Balaban J connectivity index is 1.78. The predicted molar refractivity (Wildman–Crippen MR) is 92.2 cm³/mol. The molecule has 1 fully saturated rings. The van der Waals surface area contributed by atoms with Crippen LogP contribution in [0.1, 0.15) is 25.3 Å². The Morgan fingerprint density at radius 3 is 2.74 bits per heavy atom. The fraction of sp³-hybridized carbons (Fsp3) is 0.562. The summed E-state index contributed by atoms with van der Waals surface area (Å²) in [6.07, 6.45) is 1.02. The van der Waals surface area contributed by atoms with Gasteiger partial charge in [0.1, 0.15) is 0 Å². The highest BCUT2D eigenvalue weighted by Crippen LogP contribution is 2.18. The van der Waals surface area contributed by atoms with Gasteiger partial charge in [-0.25, -0.2) is 8.42 Å². The second-order valence-electron chi connectivity index (χ2n) is 5.80. The van der Waals surface area contributed by atoms with Crippen molar-refractivity contribution in [1.29, 1.82) is 0 Å². The highest BCUT2D eigenvalue weighted by Gasteiger charge is 2.31. The number of benzene rings is 1. The second-order valence-corrected chi connectivity index (χ2v) is 8.44. The van der Waals surface area contributed by atoms with Gasteiger partial charge >= 0.3 is 0 Å². The van der Waals surface area contributed by atoms with Crippen LogP contribution in [0, 0.1) is 0 Å². The zero-order chi connectivity index (χ0) is 16.9. The molecule has 1 aliphatic heterocycles. The lowest BCUT2D eigenvalue weighted by molar-refractivity contribution is -0.121. The molecule has 0 aliphatic carbocycles. The van der Waals surface area contributed by atoms with E-state index in [4.69, 9.17) is 11.6 Å². The molecular formula is C16H23ClN2O3S. The standard InChI is InChI=1S/C16H23ClN2O3S/c1-2-19(14-8-10-23(21,22)12-14)9-7-16(20)18-11-13-5-3-4-6-15(13)17/h3-6,14H,2,7-12H2,1H3,(H,18,20). The molecule has 1 aromatic rings. The summed E-state index contributed by atoms with van der Waals surface area (Å²) >= 11 is 6.05. The fourth-order valence-corrected chi connectivity index (χ4v) is 4.80. The highest BCUT2D eigenvalue weighted by molar-refractivity contribution is 7.91. The van der Waals surface area contributed by atoms with Crippen molar-refractivity contribution in [2.75, 3.05) is 24.6 Å². The minimum atomic E-state index is -2.90. The van der Waals surface area contributed by atoms with Crippen molar-refractivity contribution in [3.8, 4) is 0 Å². The lowest BCUT2D eigenvalue weighted by Gasteiger charge is -2.26. The van der Waals surface area contributed by atoms with Crippen molar-refractivity contribution in [2.45, 2.75) is 32.4 Å². The monoisotopic (exact) mass is 358 g/mol. The van der Waals surface area contributed by atoms with Crippen LogP contribution >= 0.6 is 11.6 Å². The van der Waals surface area contributed by atoms with E-state index >= 15 is 0 Å². The molecule has 0 bridgehead atoms. The topological polar surface area (TPSA) is 66.5 Å². The van der Waals surface area contributed by atoms with Crippen LogP contribution in [0.4, 0.5) is 0 Å². The third-order valence-electron chi connectivity index (χ3n) is 4.19. The lowest BCUT2D eigenvalue weighted by Crippen LogP contribution is -2.38. The van der Waals surface area contributed by atoms with E-state index in [-0.39, 0.29) is 23.5 Å². The molecule has 0 radical (unpaired) electrons. The van der Waals surface area contributed by atoms with E-state index in [2.05, 4.69) is 10.2 Å². The minimum absolute atomic E-state index is 0.0429. The molecule has 0 spiro atoms. The molecule has 7 heteroatoms. The first-order valence-corrected chi connectivity index (χ1v) is 10.1. The number of rotatable bonds is 7. The van der Waals surface area contributed by atoms with Crippen molar-refractivity contribution in [2.24, 2.45) is 0 Å². The Hall–Kier alpha value is -1.11. The molecule has 1 aliphatic rings. The number of hydrogen-bond donors (Lipinski definition) is 1. The van der Waals surface area contributed by atoms with Gasteiger partial charge in [-0.15, -0.1) is 0 Å². The van der Waals surface area contributed by atoms with Crippen LogP contribution in [-0.4, -0.2) is 49.9 Å². The first-order chi connectivity index (χ1) is 10.9. The number of carbonyl (C=O) groups excluding carboxylic acids is 1. The molecule has 0 aromatic heterocycles. The van der Waals surface area contributed by atoms with Crippen LogP contribution in [0.25, 0.3) is 0 Å². The fourth-order valence-electron chi connectivity index (χ4n) is 2.83. The van der Waals surface area contributed by atoms with E-state index in [9.17, 15) is 13.2 Å². The van der Waals surface area contributed by atoms with Crippen molar-refractivity contribution in [1.82, 2.24) is 10.2 Å². The van der Waals surface area contributed by atoms with E-state index in [1.54, 1.807) is 6.07 Å². The molecule has 128 valence electrons. The van der Waals surface area contributed by atoms with Crippen molar-refractivity contribution < 1.29 is 13.2 Å². The van der Waals surface area contributed by atoms with Crippen molar-refractivity contribution >= 4 is 27.3 Å². The van der Waals surface area contributed by atoms with E-state index in [1.165, 1.54) is 0 Å². The van der Waals surface area contributed by atoms with Gasteiger partial charge in [-0.05, 0) is 24.6 Å². The molecule has 1 amide bonds. The summed E-state index contributed by atoms with van der Waals surface area (Å²) < 4.78 is 23.1. The van der Waals surface area contributed by atoms with Gasteiger partial charge in [0.25, 0.3) is 0 Å². The molecule has 2 rings (SSSR count). The maximum absolute atomic E-state index is 12.0. The van der Waals surface area contributed by atoms with Gasteiger partial charge in [-0.3, -0.25) is 9.69 Å². The molecule has 1 atom stereocenters. The predicted octanol–water partition coefficient (Wildman–Crippen LogP) is 1.86. The zero-order valence-electron chi connectivity index (χ0n) is 13.3. The average Bonchev–Trinajstić information content (AvgIpc) is 2.87. The molecule has 1 heterocycles. The van der Waals surface area contributed by atoms with E-state index in [0.29, 0.717) is 31.0 Å². The Morgan fingerprint density at radius 1 is 1.39 bits per heavy atom. The average molecular weight is 359 g/mol. The van der Waals surface area contributed by atoms with Crippen LogP contribution < -0.4 is 5.32 Å². The summed E-state index contributed by atoms with van der Waals surface area (Å²) in [5, 5.41) is 3.50. The van der Waals surface area contributed by atoms with Crippen LogP contribution in [-0.2, 0) is 21.2 Å². The Kier molecular flexibility index (Phi) is 6.44. The summed E-state index contributed by atoms with van der Waals surface area (Å²) in [5.74, 6) is 0.416. The largest absolute Gasteiger partial charge is 0.352 e. The summed E-state index contributed by atoms with van der Waals surface area (Å²) in [6, 6.07) is 7.45. The summed E-state index contributed by atoms with van der Waals surface area (Å²) in [7, 11) is -2.90. The van der Waals surface area contributed by atoms with Gasteiger partial charge in [-0.2, -0.15) is 0 Å². The maximum Gasteiger partial charge on any atom is 0.221 e. The smallest absolute Gasteiger partial charge is 0.221 e. The van der Waals surface area contributed by atoms with Crippen molar-refractivity contribution in [3.05, 3.63) is 34.9 Å². The molecule has 1 unspecified atom stereocenters. The Labute approximate surface area is 142 Å². The third-order valence-corrected chi connectivity index (χ3v) is 6.31. The molecule has 1 saturated heterocycles. The highest BCUT2D eigenvalue weighted by atomic mass is 35.5. The van der Waals surface area contributed by atoms with Gasteiger partial charge in [0.05, 0.1) is 11.5 Å². The van der Waals surface area contributed by atoms with E-state index in [0.717, 1.165) is 12.1 Å². The van der Waals surface area contributed by atoms with Crippen LogP contribution in [0.3, 0.4) is 0 Å². The number of halogens is 1. The van der Waals surface area contributed by atoms with Gasteiger partial charge < -0.3 is 5.32 Å². The van der Waals surface area contributed by atoms with E-state index < -0.39 is 9.84 Å². The van der Waals surface area contributed by atoms with Crippen molar-refractivity contribution in [3.63, 3.8) is 0 Å². The molecule has 5 nitrogen and oxygen atoms in total. The molecule has 0 saturated carbocycles. The van der Waals surface area contributed by atoms with Crippen LogP contribution in [0.2, 0.25) is 5.02 Å².